The minimum atomic E-state index is -0.730. The van der Waals surface area contributed by atoms with Crippen molar-refractivity contribution >= 4 is 28.5 Å². The molecule has 1 aliphatic rings. The first kappa shape index (κ1) is 21.2. The number of carbonyl (C=O) groups excluding carboxylic acids is 1. The van der Waals surface area contributed by atoms with Crippen LogP contribution in [0.3, 0.4) is 0 Å². The molecule has 0 spiro atoms. The van der Waals surface area contributed by atoms with Crippen molar-refractivity contribution in [1.29, 1.82) is 0 Å². The van der Waals surface area contributed by atoms with Gasteiger partial charge in [0.05, 0.1) is 17.6 Å². The summed E-state index contributed by atoms with van der Waals surface area (Å²) in [6.07, 6.45) is 0.766. The maximum atomic E-state index is 13.2. The molecule has 33 heavy (non-hydrogen) atoms. The third-order valence-electron chi connectivity index (χ3n) is 6.15. The standard InChI is InChI=1S/C26H22ClN3O3/c27-21-10-11-22-23(14-21)30(26(33)25(32)29(22)15-18-6-2-1-3-7-18)17-24(31)28-13-12-19-8-4-5-9-20(19)16-28/h1-11,14H,12-13,15-17H2. The van der Waals surface area contributed by atoms with Gasteiger partial charge in [0.1, 0.15) is 6.54 Å². The molecule has 0 fully saturated rings. The van der Waals surface area contributed by atoms with Crippen LogP contribution in [0.2, 0.25) is 5.02 Å². The summed E-state index contributed by atoms with van der Waals surface area (Å²) < 4.78 is 2.70. The molecule has 1 aromatic heterocycles. The molecule has 0 saturated carbocycles. The molecule has 0 atom stereocenters. The minimum absolute atomic E-state index is 0.201. The summed E-state index contributed by atoms with van der Waals surface area (Å²) in [5, 5.41) is 0.430. The van der Waals surface area contributed by atoms with Gasteiger partial charge < -0.3 is 4.90 Å². The number of carbonyl (C=O) groups is 1. The van der Waals surface area contributed by atoms with E-state index in [1.165, 1.54) is 14.7 Å². The van der Waals surface area contributed by atoms with Crippen molar-refractivity contribution in [2.24, 2.45) is 0 Å². The van der Waals surface area contributed by atoms with Crippen molar-refractivity contribution in [3.63, 3.8) is 0 Å². The molecule has 4 aromatic rings. The number of amides is 1. The molecule has 0 N–H and O–H groups in total. The van der Waals surface area contributed by atoms with Gasteiger partial charge in [0.25, 0.3) is 0 Å². The van der Waals surface area contributed by atoms with Crippen molar-refractivity contribution in [2.75, 3.05) is 6.54 Å². The van der Waals surface area contributed by atoms with Crippen LogP contribution in [-0.4, -0.2) is 26.5 Å². The number of aromatic nitrogens is 2. The Morgan fingerprint density at radius 1 is 0.818 bits per heavy atom. The third kappa shape index (κ3) is 4.10. The molecule has 5 rings (SSSR count). The zero-order valence-corrected chi connectivity index (χ0v) is 18.7. The number of hydrogen-bond acceptors (Lipinski definition) is 3. The predicted molar refractivity (Wildman–Crippen MR) is 129 cm³/mol. The summed E-state index contributed by atoms with van der Waals surface area (Å²) >= 11 is 6.24. The second kappa shape index (κ2) is 8.71. The van der Waals surface area contributed by atoms with E-state index in [4.69, 9.17) is 11.6 Å². The lowest BCUT2D eigenvalue weighted by Gasteiger charge is -2.29. The van der Waals surface area contributed by atoms with Crippen molar-refractivity contribution in [2.45, 2.75) is 26.1 Å². The van der Waals surface area contributed by atoms with E-state index < -0.39 is 11.1 Å². The van der Waals surface area contributed by atoms with Crippen molar-refractivity contribution in [1.82, 2.24) is 14.0 Å². The van der Waals surface area contributed by atoms with E-state index in [-0.39, 0.29) is 19.0 Å². The molecule has 0 unspecified atom stereocenters. The van der Waals surface area contributed by atoms with Gasteiger partial charge in [-0.25, -0.2) is 0 Å². The van der Waals surface area contributed by atoms with Gasteiger partial charge in [-0.15, -0.1) is 0 Å². The van der Waals surface area contributed by atoms with Crippen LogP contribution in [0.1, 0.15) is 16.7 Å². The average molecular weight is 460 g/mol. The first-order valence-corrected chi connectivity index (χ1v) is 11.2. The Hall–Kier alpha value is -3.64. The minimum Gasteiger partial charge on any atom is -0.336 e. The van der Waals surface area contributed by atoms with Crippen LogP contribution < -0.4 is 11.1 Å². The lowest BCUT2D eigenvalue weighted by atomic mass is 10.00. The highest BCUT2D eigenvalue weighted by Gasteiger charge is 2.23. The van der Waals surface area contributed by atoms with E-state index in [2.05, 4.69) is 6.07 Å². The molecule has 7 heteroatoms. The SMILES string of the molecule is O=C(Cn1c(=O)c(=O)n(Cc2ccccc2)c2ccc(Cl)cc21)N1CCc2ccccc2C1. The topological polar surface area (TPSA) is 64.3 Å². The van der Waals surface area contributed by atoms with Gasteiger partial charge in [-0.2, -0.15) is 0 Å². The molecule has 2 heterocycles. The van der Waals surface area contributed by atoms with Crippen molar-refractivity contribution in [3.8, 4) is 0 Å². The molecule has 166 valence electrons. The summed E-state index contributed by atoms with van der Waals surface area (Å²) in [6, 6.07) is 22.5. The monoisotopic (exact) mass is 459 g/mol. The van der Waals surface area contributed by atoms with Crippen LogP contribution in [0.5, 0.6) is 0 Å². The van der Waals surface area contributed by atoms with E-state index in [9.17, 15) is 14.4 Å². The first-order valence-electron chi connectivity index (χ1n) is 10.8. The quantitative estimate of drug-likeness (QED) is 0.439. The molecule has 0 aliphatic carbocycles. The largest absolute Gasteiger partial charge is 0.336 e. The zero-order valence-electron chi connectivity index (χ0n) is 17.9. The molecule has 1 amide bonds. The number of fused-ring (bicyclic) bond motifs is 2. The average Bonchev–Trinajstić information content (AvgIpc) is 2.84. The number of rotatable bonds is 4. The van der Waals surface area contributed by atoms with Crippen LogP contribution in [0.4, 0.5) is 0 Å². The van der Waals surface area contributed by atoms with Gasteiger partial charge in [-0.05, 0) is 41.3 Å². The van der Waals surface area contributed by atoms with Gasteiger partial charge in [0.15, 0.2) is 0 Å². The van der Waals surface area contributed by atoms with Gasteiger partial charge in [-0.1, -0.05) is 66.2 Å². The summed E-state index contributed by atoms with van der Waals surface area (Å²) in [7, 11) is 0. The molecular weight excluding hydrogens is 438 g/mol. The Morgan fingerprint density at radius 2 is 1.52 bits per heavy atom. The van der Waals surface area contributed by atoms with E-state index in [0.717, 1.165) is 17.5 Å². The molecule has 0 saturated heterocycles. The Balaban J connectivity index is 1.54. The van der Waals surface area contributed by atoms with Crippen molar-refractivity contribution < 1.29 is 4.79 Å². The van der Waals surface area contributed by atoms with Gasteiger partial charge in [0, 0.05) is 18.1 Å². The Kier molecular flexibility index (Phi) is 5.60. The van der Waals surface area contributed by atoms with Crippen molar-refractivity contribution in [3.05, 3.63) is 115 Å². The zero-order chi connectivity index (χ0) is 22.9. The highest BCUT2D eigenvalue weighted by Crippen LogP contribution is 2.21. The summed E-state index contributed by atoms with van der Waals surface area (Å²) in [5.74, 6) is -0.201. The van der Waals surface area contributed by atoms with Crippen LogP contribution in [0.25, 0.3) is 11.0 Å². The van der Waals surface area contributed by atoms with Crippen LogP contribution in [0.15, 0.2) is 82.4 Å². The third-order valence-corrected chi connectivity index (χ3v) is 6.39. The fourth-order valence-corrected chi connectivity index (χ4v) is 4.58. The fourth-order valence-electron chi connectivity index (χ4n) is 4.41. The van der Waals surface area contributed by atoms with Crippen LogP contribution in [0, 0.1) is 0 Å². The fraction of sp³-hybridized carbons (Fsp3) is 0.192. The highest BCUT2D eigenvalue weighted by molar-refractivity contribution is 6.31. The summed E-state index contributed by atoms with van der Waals surface area (Å²) in [6.45, 7) is 1.12. The molecule has 1 aliphatic heterocycles. The highest BCUT2D eigenvalue weighted by atomic mass is 35.5. The second-order valence-electron chi connectivity index (χ2n) is 8.24. The molecular formula is C26H22ClN3O3. The Labute approximate surface area is 195 Å². The number of hydrogen-bond donors (Lipinski definition) is 0. The maximum Gasteiger partial charge on any atom is 0.317 e. The first-order chi connectivity index (χ1) is 16.0. The maximum absolute atomic E-state index is 13.2. The number of halogens is 1. The van der Waals surface area contributed by atoms with Crippen LogP contribution in [-0.2, 0) is 30.8 Å². The van der Waals surface area contributed by atoms with Gasteiger partial charge in [0.2, 0.25) is 5.91 Å². The second-order valence-corrected chi connectivity index (χ2v) is 8.67. The summed E-state index contributed by atoms with van der Waals surface area (Å²) in [4.78, 5) is 41.1. The normalized spacial score (nSPS) is 13.2. The molecule has 0 radical (unpaired) electrons. The van der Waals surface area contributed by atoms with E-state index in [1.54, 1.807) is 23.1 Å². The smallest absolute Gasteiger partial charge is 0.317 e. The van der Waals surface area contributed by atoms with Gasteiger partial charge >= 0.3 is 11.1 Å². The molecule has 6 nitrogen and oxygen atoms in total. The van der Waals surface area contributed by atoms with Gasteiger partial charge in [-0.3, -0.25) is 23.5 Å². The summed E-state index contributed by atoms with van der Waals surface area (Å²) in [5.41, 5.74) is 2.88. The van der Waals surface area contributed by atoms with E-state index in [0.29, 0.717) is 29.1 Å². The lowest BCUT2D eigenvalue weighted by molar-refractivity contribution is -0.132. The Bertz CT molecular complexity index is 1470. The predicted octanol–water partition coefficient (Wildman–Crippen LogP) is 3.45. The lowest BCUT2D eigenvalue weighted by Crippen LogP contribution is -2.45. The molecule has 3 aromatic carbocycles. The Morgan fingerprint density at radius 3 is 2.30 bits per heavy atom. The van der Waals surface area contributed by atoms with Crippen LogP contribution >= 0.6 is 11.6 Å². The van der Waals surface area contributed by atoms with E-state index >= 15 is 0 Å². The van der Waals surface area contributed by atoms with E-state index in [1.807, 2.05) is 48.5 Å². The number of nitrogens with zero attached hydrogens (tertiary/aromatic N) is 3. The number of benzene rings is 3. The molecule has 0 bridgehead atoms.